The van der Waals surface area contributed by atoms with Gasteiger partial charge in [-0.2, -0.15) is 0 Å². The number of nitrogens with one attached hydrogen (secondary N) is 1. The van der Waals surface area contributed by atoms with Crippen molar-refractivity contribution < 1.29 is 23.9 Å². The summed E-state index contributed by atoms with van der Waals surface area (Å²) in [5.41, 5.74) is 2.97. The second-order valence-corrected chi connectivity index (χ2v) is 7.62. The fourth-order valence-corrected chi connectivity index (χ4v) is 4.70. The molecule has 0 saturated carbocycles. The van der Waals surface area contributed by atoms with Crippen molar-refractivity contribution >= 4 is 23.5 Å². The molecule has 0 radical (unpaired) electrons. The first-order valence-corrected chi connectivity index (χ1v) is 10.6. The van der Waals surface area contributed by atoms with Gasteiger partial charge in [-0.1, -0.05) is 42.5 Å². The summed E-state index contributed by atoms with van der Waals surface area (Å²) in [4.78, 5) is 38.5. The van der Waals surface area contributed by atoms with Crippen LogP contribution < -0.4 is 5.32 Å². The number of hydrogen-bond donors (Lipinski definition) is 1. The molecular formula is C25H25NO5. The number of fused-ring (bicyclic) bond motifs is 1. The third kappa shape index (κ3) is 3.74. The van der Waals surface area contributed by atoms with Crippen LogP contribution >= 0.6 is 0 Å². The summed E-state index contributed by atoms with van der Waals surface area (Å²) in [6, 6.07) is 14.6. The molecule has 0 aliphatic heterocycles. The van der Waals surface area contributed by atoms with Crippen molar-refractivity contribution in [3.8, 4) is 0 Å². The van der Waals surface area contributed by atoms with Crippen LogP contribution in [0.25, 0.3) is 0 Å². The van der Waals surface area contributed by atoms with Gasteiger partial charge in [0.1, 0.15) is 0 Å². The van der Waals surface area contributed by atoms with Gasteiger partial charge in [-0.25, -0.2) is 0 Å². The molecule has 3 aliphatic carbocycles. The molecule has 4 atom stereocenters. The highest BCUT2D eigenvalue weighted by Crippen LogP contribution is 2.54. The van der Waals surface area contributed by atoms with E-state index < -0.39 is 23.8 Å². The monoisotopic (exact) mass is 419 g/mol. The van der Waals surface area contributed by atoms with E-state index in [1.54, 1.807) is 38.1 Å². The molecule has 0 unspecified atom stereocenters. The summed E-state index contributed by atoms with van der Waals surface area (Å²) in [6.07, 6.45) is 3.91. The lowest BCUT2D eigenvalue weighted by molar-refractivity contribution is -0.162. The van der Waals surface area contributed by atoms with Crippen LogP contribution in [-0.2, 0) is 19.1 Å². The Kier molecular flexibility index (Phi) is 5.89. The smallest absolute Gasteiger partial charge is 0.310 e. The van der Waals surface area contributed by atoms with Gasteiger partial charge in [0, 0.05) is 23.1 Å². The Morgan fingerprint density at radius 1 is 0.806 bits per heavy atom. The number of esters is 2. The molecule has 6 nitrogen and oxygen atoms in total. The largest absolute Gasteiger partial charge is 0.466 e. The quantitative estimate of drug-likeness (QED) is 0.564. The van der Waals surface area contributed by atoms with Crippen LogP contribution in [0.3, 0.4) is 0 Å². The third-order valence-corrected chi connectivity index (χ3v) is 5.92. The molecule has 2 aromatic rings. The van der Waals surface area contributed by atoms with Gasteiger partial charge in [0.2, 0.25) is 0 Å². The van der Waals surface area contributed by atoms with Crippen molar-refractivity contribution in [2.45, 2.75) is 25.7 Å². The zero-order chi connectivity index (χ0) is 22.0. The van der Waals surface area contributed by atoms with Crippen LogP contribution in [0.4, 0.5) is 5.69 Å². The Hall–Kier alpha value is -3.41. The molecule has 31 heavy (non-hydrogen) atoms. The highest BCUT2D eigenvalue weighted by molar-refractivity contribution is 6.05. The van der Waals surface area contributed by atoms with Crippen LogP contribution in [-0.4, -0.2) is 31.1 Å². The van der Waals surface area contributed by atoms with Gasteiger partial charge in [-0.15, -0.1) is 0 Å². The number of anilines is 1. The lowest BCUT2D eigenvalue weighted by Gasteiger charge is -2.44. The average Bonchev–Trinajstić information content (AvgIpc) is 2.79. The predicted octanol–water partition coefficient (Wildman–Crippen LogP) is 4.05. The number of hydrogen-bond acceptors (Lipinski definition) is 5. The van der Waals surface area contributed by atoms with E-state index in [1.165, 1.54) is 0 Å². The third-order valence-electron chi connectivity index (χ3n) is 5.92. The van der Waals surface area contributed by atoms with Crippen LogP contribution in [0, 0.1) is 11.8 Å². The topological polar surface area (TPSA) is 81.7 Å². The van der Waals surface area contributed by atoms with Crippen LogP contribution in [0.1, 0.15) is 47.2 Å². The molecule has 1 N–H and O–H groups in total. The van der Waals surface area contributed by atoms with Crippen molar-refractivity contribution in [1.29, 1.82) is 0 Å². The number of rotatable bonds is 6. The molecule has 2 bridgehead atoms. The minimum atomic E-state index is -0.698. The van der Waals surface area contributed by atoms with Crippen LogP contribution in [0.2, 0.25) is 0 Å². The van der Waals surface area contributed by atoms with E-state index in [0.717, 1.165) is 11.1 Å². The molecule has 0 fully saturated rings. The maximum absolute atomic E-state index is 12.9. The summed E-state index contributed by atoms with van der Waals surface area (Å²) >= 11 is 0. The van der Waals surface area contributed by atoms with E-state index in [2.05, 4.69) is 5.32 Å². The fraction of sp³-hybridized carbons (Fsp3) is 0.320. The molecule has 0 saturated heterocycles. The predicted molar refractivity (Wildman–Crippen MR) is 116 cm³/mol. The van der Waals surface area contributed by atoms with E-state index >= 15 is 0 Å². The number of amides is 1. The lowest BCUT2D eigenvalue weighted by atomic mass is 9.59. The van der Waals surface area contributed by atoms with Crippen LogP contribution in [0.15, 0.2) is 60.7 Å². The van der Waals surface area contributed by atoms with E-state index in [4.69, 9.17) is 9.47 Å². The second-order valence-electron chi connectivity index (χ2n) is 7.62. The molecule has 0 spiro atoms. The fourth-order valence-electron chi connectivity index (χ4n) is 4.70. The zero-order valence-electron chi connectivity index (χ0n) is 17.5. The lowest BCUT2D eigenvalue weighted by Crippen LogP contribution is -2.45. The van der Waals surface area contributed by atoms with Crippen molar-refractivity contribution in [3.63, 3.8) is 0 Å². The number of ether oxygens (including phenoxy) is 2. The zero-order valence-corrected chi connectivity index (χ0v) is 17.5. The Bertz CT molecular complexity index is 1030. The van der Waals surface area contributed by atoms with E-state index in [0.29, 0.717) is 11.3 Å². The normalized spacial score (nSPS) is 23.0. The molecular weight excluding hydrogens is 394 g/mol. The summed E-state index contributed by atoms with van der Waals surface area (Å²) in [7, 11) is 0. The molecule has 0 aromatic heterocycles. The Labute approximate surface area is 181 Å². The Morgan fingerprint density at radius 3 is 2.06 bits per heavy atom. The highest BCUT2D eigenvalue weighted by atomic mass is 16.5. The van der Waals surface area contributed by atoms with Gasteiger partial charge in [0.25, 0.3) is 5.91 Å². The van der Waals surface area contributed by atoms with Gasteiger partial charge in [-0.05, 0) is 43.2 Å². The van der Waals surface area contributed by atoms with Crippen molar-refractivity contribution in [2.75, 3.05) is 18.5 Å². The molecule has 0 heterocycles. The maximum Gasteiger partial charge on any atom is 0.310 e. The van der Waals surface area contributed by atoms with Gasteiger partial charge < -0.3 is 14.8 Å². The number of allylic oxidation sites excluding steroid dienone is 2. The first kappa shape index (κ1) is 20.8. The number of benzene rings is 2. The van der Waals surface area contributed by atoms with Gasteiger partial charge >= 0.3 is 11.9 Å². The molecule has 3 aliphatic rings. The number of carbonyl (C=O) groups is 3. The molecule has 5 rings (SSSR count). The first-order chi connectivity index (χ1) is 15.1. The van der Waals surface area contributed by atoms with Gasteiger partial charge in [0.05, 0.1) is 25.0 Å². The summed E-state index contributed by atoms with van der Waals surface area (Å²) in [6.45, 7) is 3.96. The summed E-state index contributed by atoms with van der Waals surface area (Å²) < 4.78 is 10.6. The van der Waals surface area contributed by atoms with Crippen molar-refractivity contribution in [3.05, 3.63) is 77.4 Å². The molecule has 6 heteroatoms. The first-order valence-electron chi connectivity index (χ1n) is 10.6. The standard InChI is InChI=1S/C25H25NO5/c1-3-30-24(28)21-17-13-14-18(22(21)25(29)31-4-2)20-16(17)11-8-12-19(20)26-23(27)15-9-6-5-7-10-15/h5-14,17-18,21-22H,3-4H2,1-2H3,(H,26,27)/t17-,18-,21+,22+/m0/s1. The Morgan fingerprint density at radius 2 is 1.42 bits per heavy atom. The van der Waals surface area contributed by atoms with E-state index in [1.807, 2.05) is 36.4 Å². The second kappa shape index (κ2) is 8.76. The van der Waals surface area contributed by atoms with Gasteiger partial charge in [-0.3, -0.25) is 14.4 Å². The van der Waals surface area contributed by atoms with E-state index in [9.17, 15) is 14.4 Å². The van der Waals surface area contributed by atoms with E-state index in [-0.39, 0.29) is 31.0 Å². The summed E-state index contributed by atoms with van der Waals surface area (Å²) in [5.74, 6) is -3.10. The Balaban J connectivity index is 1.75. The van der Waals surface area contributed by atoms with Gasteiger partial charge in [0.15, 0.2) is 0 Å². The number of carbonyl (C=O) groups excluding carboxylic acids is 3. The van der Waals surface area contributed by atoms with Crippen molar-refractivity contribution in [1.82, 2.24) is 0 Å². The highest BCUT2D eigenvalue weighted by Gasteiger charge is 2.52. The van der Waals surface area contributed by atoms with Crippen LogP contribution in [0.5, 0.6) is 0 Å². The molecule has 1 amide bonds. The SMILES string of the molecule is CCOC(=O)[C@H]1[C@H](C(=O)OCC)[C@H]2C=C[C@H]1c1cccc(NC(=O)c3ccccc3)c12. The minimum absolute atomic E-state index is 0.227. The minimum Gasteiger partial charge on any atom is -0.466 e. The van der Waals surface area contributed by atoms with Crippen molar-refractivity contribution in [2.24, 2.45) is 11.8 Å². The molecule has 2 aromatic carbocycles. The summed E-state index contributed by atoms with van der Waals surface area (Å²) in [5, 5.41) is 2.99. The maximum atomic E-state index is 12.9. The average molecular weight is 419 g/mol. The molecule has 160 valence electrons.